The molecule has 0 radical (unpaired) electrons. The second-order valence-electron chi connectivity index (χ2n) is 5.22. The van der Waals surface area contributed by atoms with E-state index in [0.29, 0.717) is 29.7 Å². The van der Waals surface area contributed by atoms with E-state index in [-0.39, 0.29) is 5.97 Å². The molecule has 3 rings (SSSR count). The van der Waals surface area contributed by atoms with E-state index in [1.54, 1.807) is 6.20 Å². The minimum absolute atomic E-state index is 0.276. The fourth-order valence-electron chi connectivity index (χ4n) is 2.44. The van der Waals surface area contributed by atoms with Gasteiger partial charge in [0.05, 0.1) is 25.0 Å². The van der Waals surface area contributed by atoms with Crippen molar-refractivity contribution in [2.24, 2.45) is 0 Å². The summed E-state index contributed by atoms with van der Waals surface area (Å²) >= 11 is 5.90. The van der Waals surface area contributed by atoms with Crippen LogP contribution in [0.2, 0.25) is 5.02 Å². The van der Waals surface area contributed by atoms with Crippen LogP contribution in [0, 0.1) is 0 Å². The molecule has 4 nitrogen and oxygen atoms in total. The van der Waals surface area contributed by atoms with Gasteiger partial charge in [0.25, 0.3) is 0 Å². The van der Waals surface area contributed by atoms with Crippen molar-refractivity contribution in [3.05, 3.63) is 52.3 Å². The highest BCUT2D eigenvalue weighted by molar-refractivity contribution is 6.30. The largest absolute Gasteiger partial charge is 0.462 e. The number of aromatic nitrogens is 2. The minimum atomic E-state index is -0.276. The van der Waals surface area contributed by atoms with Crippen molar-refractivity contribution >= 4 is 17.6 Å². The molecule has 21 heavy (non-hydrogen) atoms. The molecule has 0 saturated heterocycles. The number of hydrogen-bond acceptors (Lipinski definition) is 3. The molecule has 1 aliphatic carbocycles. The lowest BCUT2D eigenvalue weighted by Gasteiger charge is -2.09. The highest BCUT2D eigenvalue weighted by atomic mass is 35.5. The third-order valence-electron chi connectivity index (χ3n) is 3.59. The number of carbonyl (C=O) groups excluding carboxylic acids is 1. The van der Waals surface area contributed by atoms with Crippen molar-refractivity contribution in [2.45, 2.75) is 32.2 Å². The second kappa shape index (κ2) is 5.90. The molecule has 1 saturated carbocycles. The second-order valence-corrected chi connectivity index (χ2v) is 5.66. The zero-order chi connectivity index (χ0) is 14.8. The lowest BCUT2D eigenvalue weighted by molar-refractivity contribution is 0.0525. The number of ether oxygens (including phenoxy) is 1. The summed E-state index contributed by atoms with van der Waals surface area (Å²) in [5, 5.41) is 5.10. The molecule has 2 aromatic rings. The molecule has 1 aromatic carbocycles. The molecular weight excluding hydrogens is 288 g/mol. The third-order valence-corrected chi connectivity index (χ3v) is 3.84. The molecule has 0 aliphatic heterocycles. The Morgan fingerprint density at radius 1 is 1.38 bits per heavy atom. The van der Waals surface area contributed by atoms with Crippen LogP contribution in [-0.2, 0) is 11.3 Å². The van der Waals surface area contributed by atoms with Crippen LogP contribution in [0.4, 0.5) is 0 Å². The number of nitrogens with zero attached hydrogens (tertiary/aromatic N) is 2. The Hall–Kier alpha value is -1.81. The molecular formula is C16H17ClN2O2. The number of benzene rings is 1. The van der Waals surface area contributed by atoms with Crippen molar-refractivity contribution in [1.82, 2.24) is 9.78 Å². The van der Waals surface area contributed by atoms with Crippen LogP contribution in [-0.4, -0.2) is 22.4 Å². The molecule has 1 aromatic heterocycles. The normalized spacial score (nSPS) is 14.2. The van der Waals surface area contributed by atoms with Crippen LogP contribution in [0.3, 0.4) is 0 Å². The topological polar surface area (TPSA) is 44.1 Å². The predicted molar refractivity (Wildman–Crippen MR) is 80.7 cm³/mol. The first kappa shape index (κ1) is 14.1. The van der Waals surface area contributed by atoms with Gasteiger partial charge in [-0.15, -0.1) is 0 Å². The van der Waals surface area contributed by atoms with Gasteiger partial charge in [0.2, 0.25) is 0 Å². The van der Waals surface area contributed by atoms with E-state index in [1.807, 2.05) is 35.9 Å². The van der Waals surface area contributed by atoms with Crippen molar-refractivity contribution in [2.75, 3.05) is 6.61 Å². The molecule has 1 aliphatic rings. The van der Waals surface area contributed by atoms with Crippen LogP contribution in [0.5, 0.6) is 0 Å². The van der Waals surface area contributed by atoms with E-state index in [1.165, 1.54) is 0 Å². The van der Waals surface area contributed by atoms with Crippen LogP contribution in [0.25, 0.3) is 0 Å². The first-order chi connectivity index (χ1) is 10.2. The van der Waals surface area contributed by atoms with Gasteiger partial charge in [0, 0.05) is 10.9 Å². The van der Waals surface area contributed by atoms with Gasteiger partial charge in [-0.3, -0.25) is 4.68 Å². The summed E-state index contributed by atoms with van der Waals surface area (Å²) in [7, 11) is 0. The Kier molecular flexibility index (Phi) is 3.97. The van der Waals surface area contributed by atoms with Gasteiger partial charge in [-0.05, 0) is 37.5 Å². The summed E-state index contributed by atoms with van der Waals surface area (Å²) in [4.78, 5) is 12.0. The summed E-state index contributed by atoms with van der Waals surface area (Å²) in [6, 6.07) is 7.68. The molecule has 0 N–H and O–H groups in total. The van der Waals surface area contributed by atoms with Gasteiger partial charge in [-0.1, -0.05) is 23.7 Å². The molecule has 1 fully saturated rings. The van der Waals surface area contributed by atoms with E-state index in [2.05, 4.69) is 5.10 Å². The Labute approximate surface area is 128 Å². The highest BCUT2D eigenvalue weighted by Crippen LogP contribution is 2.42. The fourth-order valence-corrected chi connectivity index (χ4v) is 2.56. The fraction of sp³-hybridized carbons (Fsp3) is 0.375. The Bertz CT molecular complexity index is 645. The number of rotatable bonds is 5. The van der Waals surface area contributed by atoms with E-state index in [9.17, 15) is 4.79 Å². The predicted octanol–water partition coefficient (Wildman–Crippen LogP) is 3.64. The van der Waals surface area contributed by atoms with E-state index in [4.69, 9.17) is 16.3 Å². The average molecular weight is 305 g/mol. The van der Waals surface area contributed by atoms with E-state index >= 15 is 0 Å². The van der Waals surface area contributed by atoms with Crippen molar-refractivity contribution < 1.29 is 9.53 Å². The Balaban J connectivity index is 1.88. The average Bonchev–Trinajstić information content (AvgIpc) is 3.22. The number of hydrogen-bond donors (Lipinski definition) is 0. The van der Waals surface area contributed by atoms with Gasteiger partial charge in [-0.25, -0.2) is 4.79 Å². The Morgan fingerprint density at radius 2 is 2.10 bits per heavy atom. The molecule has 0 spiro atoms. The highest BCUT2D eigenvalue weighted by Gasteiger charge is 2.32. The van der Waals surface area contributed by atoms with E-state index < -0.39 is 0 Å². The summed E-state index contributed by atoms with van der Waals surface area (Å²) in [6.07, 6.45) is 3.85. The van der Waals surface area contributed by atoms with Crippen LogP contribution in [0.15, 0.2) is 30.5 Å². The van der Waals surface area contributed by atoms with Crippen LogP contribution >= 0.6 is 11.6 Å². The smallest absolute Gasteiger partial charge is 0.341 e. The molecule has 0 unspecified atom stereocenters. The van der Waals surface area contributed by atoms with Crippen molar-refractivity contribution in [1.29, 1.82) is 0 Å². The number of halogens is 1. The maximum atomic E-state index is 12.0. The summed E-state index contributed by atoms with van der Waals surface area (Å²) < 4.78 is 7.03. The zero-order valence-corrected chi connectivity index (χ0v) is 12.6. The molecule has 5 heteroatoms. The van der Waals surface area contributed by atoms with Crippen LogP contribution < -0.4 is 0 Å². The maximum Gasteiger partial charge on any atom is 0.341 e. The van der Waals surface area contributed by atoms with Gasteiger partial charge >= 0.3 is 5.97 Å². The summed E-state index contributed by atoms with van der Waals surface area (Å²) in [5.74, 6) is 0.154. The summed E-state index contributed by atoms with van der Waals surface area (Å²) in [6.45, 7) is 2.83. The van der Waals surface area contributed by atoms with Gasteiger partial charge < -0.3 is 4.74 Å². The summed E-state index contributed by atoms with van der Waals surface area (Å²) in [5.41, 5.74) is 2.72. The molecule has 0 amide bonds. The number of esters is 1. The molecule has 110 valence electrons. The standard InChI is InChI=1S/C16H17ClN2O2/c1-2-21-16(20)14-9-18-19(15(14)12-5-6-12)10-11-3-7-13(17)8-4-11/h3-4,7-9,12H,2,5-6,10H2,1H3. The van der Waals surface area contributed by atoms with Crippen molar-refractivity contribution in [3.8, 4) is 0 Å². The maximum absolute atomic E-state index is 12.0. The third kappa shape index (κ3) is 3.10. The Morgan fingerprint density at radius 3 is 2.71 bits per heavy atom. The minimum Gasteiger partial charge on any atom is -0.462 e. The molecule has 0 atom stereocenters. The zero-order valence-electron chi connectivity index (χ0n) is 11.9. The van der Waals surface area contributed by atoms with Crippen molar-refractivity contribution in [3.63, 3.8) is 0 Å². The molecule has 0 bridgehead atoms. The number of carbonyl (C=O) groups is 1. The first-order valence-electron chi connectivity index (χ1n) is 7.16. The SMILES string of the molecule is CCOC(=O)c1cnn(Cc2ccc(Cl)cc2)c1C1CC1. The monoisotopic (exact) mass is 304 g/mol. The van der Waals surface area contributed by atoms with Crippen LogP contribution in [0.1, 0.15) is 47.3 Å². The lowest BCUT2D eigenvalue weighted by atomic mass is 10.1. The lowest BCUT2D eigenvalue weighted by Crippen LogP contribution is -2.10. The molecule has 1 heterocycles. The van der Waals surface area contributed by atoms with E-state index in [0.717, 1.165) is 24.1 Å². The quantitative estimate of drug-likeness (QED) is 0.792. The first-order valence-corrected chi connectivity index (χ1v) is 7.54. The van der Waals surface area contributed by atoms with Gasteiger partial charge in [-0.2, -0.15) is 5.10 Å². The van der Waals surface area contributed by atoms with Gasteiger partial charge in [0.15, 0.2) is 0 Å². The van der Waals surface area contributed by atoms with Gasteiger partial charge in [0.1, 0.15) is 5.56 Å².